The molecule has 5 rings (SSSR count). The van der Waals surface area contributed by atoms with Crippen molar-refractivity contribution < 1.29 is 19.0 Å². The molecule has 0 spiro atoms. The van der Waals surface area contributed by atoms with Crippen LogP contribution in [-0.4, -0.2) is 30.9 Å². The SMILES string of the molecule is CCOC(=O)C1=C(C)N=c2s/c(=C\c3cc(Br)c(OCC)c(Br)c3)c(=O)n2[C@H]1c1c(OC)ccc2ccccc12. The summed E-state index contributed by atoms with van der Waals surface area (Å²) in [4.78, 5) is 32.7. The molecule has 0 amide bonds. The van der Waals surface area contributed by atoms with Crippen LogP contribution in [-0.2, 0) is 9.53 Å². The third-order valence-electron chi connectivity index (χ3n) is 6.55. The number of thiazole rings is 1. The fourth-order valence-corrected chi connectivity index (χ4v) is 7.39. The number of carbonyl (C=O) groups excluding carboxylic acids is 1. The van der Waals surface area contributed by atoms with E-state index in [4.69, 9.17) is 19.2 Å². The van der Waals surface area contributed by atoms with E-state index in [-0.39, 0.29) is 12.2 Å². The number of ether oxygens (including phenoxy) is 3. The summed E-state index contributed by atoms with van der Waals surface area (Å²) in [5.41, 5.74) is 2.05. The predicted molar refractivity (Wildman–Crippen MR) is 164 cm³/mol. The summed E-state index contributed by atoms with van der Waals surface area (Å²) in [5.74, 6) is 0.741. The van der Waals surface area contributed by atoms with Gasteiger partial charge in [0.1, 0.15) is 17.5 Å². The van der Waals surface area contributed by atoms with Crippen LogP contribution in [0.25, 0.3) is 16.8 Å². The van der Waals surface area contributed by atoms with Gasteiger partial charge < -0.3 is 14.2 Å². The Morgan fingerprint density at radius 1 is 1.10 bits per heavy atom. The molecule has 206 valence electrons. The second-order valence-corrected chi connectivity index (χ2v) is 11.7. The van der Waals surface area contributed by atoms with Crippen LogP contribution in [0.15, 0.2) is 78.5 Å². The number of fused-ring (bicyclic) bond motifs is 2. The molecule has 0 saturated carbocycles. The van der Waals surface area contributed by atoms with Gasteiger partial charge in [-0.1, -0.05) is 41.7 Å². The number of nitrogens with zero attached hydrogens (tertiary/aromatic N) is 2. The largest absolute Gasteiger partial charge is 0.496 e. The van der Waals surface area contributed by atoms with Crippen molar-refractivity contribution in [3.05, 3.63) is 99.6 Å². The summed E-state index contributed by atoms with van der Waals surface area (Å²) >= 11 is 8.41. The molecule has 1 aliphatic rings. The van der Waals surface area contributed by atoms with Gasteiger partial charge in [-0.25, -0.2) is 9.79 Å². The maximum absolute atomic E-state index is 14.1. The lowest BCUT2D eigenvalue weighted by atomic mass is 9.90. The number of hydrogen-bond donors (Lipinski definition) is 0. The Bertz CT molecular complexity index is 1840. The van der Waals surface area contributed by atoms with Crippen LogP contribution in [0.4, 0.5) is 0 Å². The molecule has 2 heterocycles. The van der Waals surface area contributed by atoms with Crippen LogP contribution in [0.1, 0.15) is 37.9 Å². The molecule has 0 saturated heterocycles. The third-order valence-corrected chi connectivity index (χ3v) is 8.71. The van der Waals surface area contributed by atoms with Gasteiger partial charge in [0.2, 0.25) is 0 Å². The Hall–Kier alpha value is -3.21. The Morgan fingerprint density at radius 3 is 2.50 bits per heavy atom. The maximum atomic E-state index is 14.1. The molecule has 0 bridgehead atoms. The summed E-state index contributed by atoms with van der Waals surface area (Å²) in [6, 6.07) is 14.7. The van der Waals surface area contributed by atoms with E-state index in [0.29, 0.717) is 44.3 Å². The zero-order valence-corrected chi connectivity index (χ0v) is 26.3. The molecule has 40 heavy (non-hydrogen) atoms. The van der Waals surface area contributed by atoms with Crippen molar-refractivity contribution in [1.29, 1.82) is 0 Å². The smallest absolute Gasteiger partial charge is 0.338 e. The molecular weight excluding hydrogens is 660 g/mol. The molecular formula is C30H26Br2N2O5S. The van der Waals surface area contributed by atoms with Crippen molar-refractivity contribution in [2.75, 3.05) is 20.3 Å². The number of methoxy groups -OCH3 is 1. The van der Waals surface area contributed by atoms with E-state index in [1.54, 1.807) is 25.5 Å². The van der Waals surface area contributed by atoms with E-state index in [0.717, 1.165) is 25.3 Å². The molecule has 0 fully saturated rings. The Balaban J connectivity index is 1.80. The van der Waals surface area contributed by atoms with Gasteiger partial charge in [-0.05, 0) is 93.2 Å². The molecule has 0 unspecified atom stereocenters. The highest BCUT2D eigenvalue weighted by molar-refractivity contribution is 9.11. The van der Waals surface area contributed by atoms with Crippen LogP contribution in [0, 0.1) is 0 Å². The van der Waals surface area contributed by atoms with Gasteiger partial charge in [0.25, 0.3) is 5.56 Å². The molecule has 1 atom stereocenters. The minimum atomic E-state index is -0.794. The van der Waals surface area contributed by atoms with Gasteiger partial charge in [0, 0.05) is 5.56 Å². The molecule has 7 nitrogen and oxygen atoms in total. The molecule has 1 aromatic heterocycles. The van der Waals surface area contributed by atoms with Crippen molar-refractivity contribution in [3.63, 3.8) is 0 Å². The third kappa shape index (κ3) is 5.04. The Morgan fingerprint density at radius 2 is 1.82 bits per heavy atom. The molecule has 10 heteroatoms. The number of carbonyl (C=O) groups is 1. The van der Waals surface area contributed by atoms with Gasteiger partial charge >= 0.3 is 5.97 Å². The number of hydrogen-bond acceptors (Lipinski definition) is 7. The zero-order chi connectivity index (χ0) is 28.6. The van der Waals surface area contributed by atoms with Crippen LogP contribution in [0.2, 0.25) is 0 Å². The predicted octanol–water partition coefficient (Wildman–Crippen LogP) is 5.88. The molecule has 3 aromatic carbocycles. The van der Waals surface area contributed by atoms with Crippen LogP contribution < -0.4 is 24.4 Å². The maximum Gasteiger partial charge on any atom is 0.338 e. The van der Waals surface area contributed by atoms with E-state index >= 15 is 0 Å². The Kier molecular flexibility index (Phi) is 8.30. The van der Waals surface area contributed by atoms with Crippen molar-refractivity contribution in [3.8, 4) is 11.5 Å². The van der Waals surface area contributed by atoms with Gasteiger partial charge in [0.05, 0.1) is 45.1 Å². The van der Waals surface area contributed by atoms with Gasteiger partial charge in [0.15, 0.2) is 4.80 Å². The number of allylic oxidation sites excluding steroid dienone is 1. The highest BCUT2D eigenvalue weighted by Gasteiger charge is 2.36. The lowest BCUT2D eigenvalue weighted by molar-refractivity contribution is -0.139. The lowest BCUT2D eigenvalue weighted by Gasteiger charge is -2.27. The first-order valence-corrected chi connectivity index (χ1v) is 15.1. The summed E-state index contributed by atoms with van der Waals surface area (Å²) in [7, 11) is 1.58. The molecule has 4 aromatic rings. The van der Waals surface area contributed by atoms with Gasteiger partial charge in [-0.3, -0.25) is 9.36 Å². The average molecular weight is 686 g/mol. The highest BCUT2D eigenvalue weighted by Crippen LogP contribution is 2.40. The minimum absolute atomic E-state index is 0.195. The number of esters is 1. The van der Waals surface area contributed by atoms with Crippen molar-refractivity contribution in [1.82, 2.24) is 4.57 Å². The van der Waals surface area contributed by atoms with Crippen LogP contribution in [0.3, 0.4) is 0 Å². The van der Waals surface area contributed by atoms with Crippen LogP contribution >= 0.6 is 43.2 Å². The number of benzene rings is 3. The first kappa shape index (κ1) is 28.3. The first-order chi connectivity index (χ1) is 19.3. The standard InChI is InChI=1S/C30H26Br2N2O5S/c1-5-38-27-20(31)13-17(14-21(27)32)15-23-28(35)34-26(24(29(36)39-6-2)16(3)33-30(34)40-23)25-19-10-8-7-9-18(19)11-12-22(25)37-4/h7-15,26H,5-6H2,1-4H3/b23-15-/t26-/m1/s1. The summed E-state index contributed by atoms with van der Waals surface area (Å²) in [6.45, 7) is 6.16. The van der Waals surface area contributed by atoms with Crippen molar-refractivity contribution in [2.45, 2.75) is 26.8 Å². The van der Waals surface area contributed by atoms with E-state index in [9.17, 15) is 9.59 Å². The topological polar surface area (TPSA) is 79.1 Å². The fraction of sp³-hybridized carbons (Fsp3) is 0.233. The van der Waals surface area contributed by atoms with Gasteiger partial charge in [-0.2, -0.15) is 0 Å². The monoisotopic (exact) mass is 684 g/mol. The highest BCUT2D eigenvalue weighted by atomic mass is 79.9. The normalized spacial score (nSPS) is 15.2. The van der Waals surface area contributed by atoms with Crippen LogP contribution in [0.5, 0.6) is 11.5 Å². The molecule has 0 N–H and O–H groups in total. The number of aromatic nitrogens is 1. The van der Waals surface area contributed by atoms with E-state index in [2.05, 4.69) is 31.9 Å². The van der Waals surface area contributed by atoms with Gasteiger partial charge in [-0.15, -0.1) is 0 Å². The minimum Gasteiger partial charge on any atom is -0.496 e. The first-order valence-electron chi connectivity index (χ1n) is 12.7. The second-order valence-electron chi connectivity index (χ2n) is 8.95. The molecule has 0 aliphatic carbocycles. The van der Waals surface area contributed by atoms with E-state index in [1.165, 1.54) is 11.3 Å². The zero-order valence-electron chi connectivity index (χ0n) is 22.3. The lowest BCUT2D eigenvalue weighted by Crippen LogP contribution is -2.40. The Labute approximate surface area is 251 Å². The van der Waals surface area contributed by atoms with Crippen molar-refractivity contribution in [2.24, 2.45) is 4.99 Å². The number of rotatable bonds is 7. The molecule has 1 aliphatic heterocycles. The van der Waals surface area contributed by atoms with E-state index < -0.39 is 12.0 Å². The van der Waals surface area contributed by atoms with E-state index in [1.807, 2.05) is 61.5 Å². The second kappa shape index (κ2) is 11.7. The fourth-order valence-electron chi connectivity index (χ4n) is 4.90. The van der Waals surface area contributed by atoms with Crippen molar-refractivity contribution >= 4 is 66.0 Å². The quantitative estimate of drug-likeness (QED) is 0.227. The molecule has 0 radical (unpaired) electrons. The average Bonchev–Trinajstić information content (AvgIpc) is 3.23. The number of halogens is 2. The summed E-state index contributed by atoms with van der Waals surface area (Å²) in [5, 5.41) is 1.83. The summed E-state index contributed by atoms with van der Waals surface area (Å²) < 4.78 is 20.6. The summed E-state index contributed by atoms with van der Waals surface area (Å²) in [6.07, 6.45) is 1.82.